The fraction of sp³-hybridized carbons (Fsp3) is 0.833. The van der Waals surface area contributed by atoms with Crippen molar-refractivity contribution in [2.24, 2.45) is 4.99 Å². The number of fused-ring (bicyclic) bond motifs is 1. The molecular weight excluding hydrogens is 226 g/mol. The quantitative estimate of drug-likeness (QED) is 0.392. The van der Waals surface area contributed by atoms with Crippen LogP contribution in [-0.2, 0) is 9.84 Å². The zero-order valence-corrected chi connectivity index (χ0v) is 8.94. The molecule has 14 heavy (non-hydrogen) atoms. The average molecular weight is 237 g/mol. The molecule has 2 unspecified atom stereocenters. The minimum Gasteiger partial charge on any atom is -0.380 e. The first-order valence-corrected chi connectivity index (χ1v) is 6.85. The Morgan fingerprint density at radius 2 is 2.36 bits per heavy atom. The molecule has 0 aromatic rings. The van der Waals surface area contributed by atoms with Gasteiger partial charge in [0.1, 0.15) is 6.73 Å². The second-order valence-electron chi connectivity index (χ2n) is 3.19. The van der Waals surface area contributed by atoms with E-state index in [1.54, 1.807) is 0 Å². The molecule has 80 valence electrons. The van der Waals surface area contributed by atoms with Gasteiger partial charge >= 0.3 is 0 Å². The highest BCUT2D eigenvalue weighted by atomic mass is 32.2. The molecule has 2 atom stereocenters. The van der Waals surface area contributed by atoms with E-state index in [-0.39, 0.29) is 29.5 Å². The van der Waals surface area contributed by atoms with Crippen molar-refractivity contribution in [1.82, 2.24) is 10.9 Å². The molecule has 2 heterocycles. The lowest BCUT2D eigenvalue weighted by molar-refractivity contribution is 0.252. The number of amidine groups is 1. The Labute approximate surface area is 86.1 Å². The number of nitrogens with zero attached hydrogens (tertiary/aromatic N) is 1. The topological polar surface area (TPSA) is 90.8 Å². The van der Waals surface area contributed by atoms with Crippen molar-refractivity contribution in [1.29, 1.82) is 0 Å². The molecule has 0 amide bonds. The summed E-state index contributed by atoms with van der Waals surface area (Å²) in [5.74, 6) is 0.352. The highest BCUT2D eigenvalue weighted by Crippen LogP contribution is 2.33. The Hall–Kier alpha value is -0.310. The van der Waals surface area contributed by atoms with Crippen molar-refractivity contribution < 1.29 is 13.5 Å². The Balaban J connectivity index is 1.98. The molecule has 3 N–H and O–H groups in total. The first-order valence-electron chi connectivity index (χ1n) is 4.15. The fourth-order valence-corrected chi connectivity index (χ4v) is 5.16. The number of aliphatic hydroxyl groups excluding tert-OH is 1. The summed E-state index contributed by atoms with van der Waals surface area (Å²) in [6.45, 7) is -0.187. The molecule has 0 saturated carbocycles. The molecule has 2 aliphatic rings. The van der Waals surface area contributed by atoms with E-state index in [4.69, 9.17) is 5.11 Å². The first kappa shape index (κ1) is 10.2. The van der Waals surface area contributed by atoms with Gasteiger partial charge in [-0.15, -0.1) is 0 Å². The van der Waals surface area contributed by atoms with Crippen LogP contribution in [-0.4, -0.2) is 48.2 Å². The van der Waals surface area contributed by atoms with Crippen LogP contribution < -0.4 is 10.9 Å². The van der Waals surface area contributed by atoms with E-state index in [0.717, 1.165) is 0 Å². The standard InChI is InChI=1S/C6H11N3O3S2/c10-3-7-9-6-8-4-1-14(11,12)2-5(4)13-6/h4-5,7,10H,1-3H2,(H,8,9). The number of hydrazine groups is 1. The molecule has 1 fully saturated rings. The summed E-state index contributed by atoms with van der Waals surface area (Å²) in [5.41, 5.74) is 5.21. The van der Waals surface area contributed by atoms with Gasteiger partial charge in [0.15, 0.2) is 15.0 Å². The minimum absolute atomic E-state index is 0.0444. The maximum absolute atomic E-state index is 11.2. The predicted octanol–water partition coefficient (Wildman–Crippen LogP) is -1.70. The van der Waals surface area contributed by atoms with E-state index in [1.807, 2.05) is 0 Å². The third kappa shape index (κ3) is 2.02. The molecule has 0 radical (unpaired) electrons. The molecule has 0 bridgehead atoms. The third-order valence-corrected chi connectivity index (χ3v) is 5.23. The van der Waals surface area contributed by atoms with Gasteiger partial charge in [0, 0.05) is 5.25 Å². The molecule has 2 aliphatic heterocycles. The van der Waals surface area contributed by atoms with Crippen LogP contribution in [0.25, 0.3) is 0 Å². The van der Waals surface area contributed by atoms with Gasteiger partial charge in [-0.3, -0.25) is 10.4 Å². The number of hydrogen-bond donors (Lipinski definition) is 3. The van der Waals surface area contributed by atoms with Gasteiger partial charge in [-0.25, -0.2) is 13.8 Å². The molecule has 8 heteroatoms. The van der Waals surface area contributed by atoms with Gasteiger partial charge in [0.2, 0.25) is 0 Å². The summed E-state index contributed by atoms with van der Waals surface area (Å²) in [6, 6.07) is -0.118. The van der Waals surface area contributed by atoms with Crippen LogP contribution in [0.2, 0.25) is 0 Å². The van der Waals surface area contributed by atoms with Gasteiger partial charge in [-0.1, -0.05) is 11.8 Å². The van der Waals surface area contributed by atoms with Crippen molar-refractivity contribution in [3.8, 4) is 0 Å². The zero-order valence-electron chi connectivity index (χ0n) is 7.30. The van der Waals surface area contributed by atoms with Gasteiger partial charge < -0.3 is 5.11 Å². The first-order chi connectivity index (χ1) is 6.61. The molecule has 0 aliphatic carbocycles. The largest absolute Gasteiger partial charge is 0.380 e. The normalized spacial score (nSPS) is 33.9. The Bertz CT molecular complexity index is 353. The second kappa shape index (κ2) is 3.69. The van der Waals surface area contributed by atoms with E-state index >= 15 is 0 Å². The number of aliphatic hydroxyl groups is 1. The van der Waals surface area contributed by atoms with Crippen LogP contribution in [0.15, 0.2) is 4.99 Å². The molecule has 6 nitrogen and oxygen atoms in total. The van der Waals surface area contributed by atoms with Crippen LogP contribution in [0.4, 0.5) is 0 Å². The summed E-state index contributed by atoms with van der Waals surface area (Å²) in [7, 11) is -2.87. The molecule has 2 rings (SSSR count). The van der Waals surface area contributed by atoms with E-state index < -0.39 is 9.84 Å². The van der Waals surface area contributed by atoms with Crippen LogP contribution >= 0.6 is 11.8 Å². The van der Waals surface area contributed by atoms with Crippen molar-refractivity contribution in [2.45, 2.75) is 11.3 Å². The summed E-state index contributed by atoms with van der Waals surface area (Å²) in [4.78, 5) is 4.20. The van der Waals surface area contributed by atoms with Gasteiger partial charge in [-0.05, 0) is 0 Å². The predicted molar refractivity (Wildman–Crippen MR) is 54.6 cm³/mol. The van der Waals surface area contributed by atoms with Crippen molar-refractivity contribution in [3.05, 3.63) is 0 Å². The number of nitrogens with one attached hydrogen (secondary N) is 2. The van der Waals surface area contributed by atoms with Crippen LogP contribution in [0.5, 0.6) is 0 Å². The zero-order chi connectivity index (χ0) is 10.2. The van der Waals surface area contributed by atoms with E-state index in [9.17, 15) is 8.42 Å². The number of aliphatic imine (C=N–C) groups is 1. The molecular formula is C6H11N3O3S2. The second-order valence-corrected chi connectivity index (χ2v) is 6.58. The van der Waals surface area contributed by atoms with Crippen LogP contribution in [0, 0.1) is 0 Å². The van der Waals surface area contributed by atoms with Gasteiger partial charge in [-0.2, -0.15) is 0 Å². The van der Waals surface area contributed by atoms with Crippen molar-refractivity contribution in [3.63, 3.8) is 0 Å². The third-order valence-electron chi connectivity index (χ3n) is 2.09. The summed E-state index contributed by atoms with van der Waals surface area (Å²) >= 11 is 1.41. The van der Waals surface area contributed by atoms with Crippen LogP contribution in [0.3, 0.4) is 0 Å². The van der Waals surface area contributed by atoms with E-state index in [0.29, 0.717) is 5.17 Å². The molecule has 0 aromatic heterocycles. The maximum Gasteiger partial charge on any atom is 0.171 e. The number of hydrogen-bond acceptors (Lipinski definition) is 7. The lowest BCUT2D eigenvalue weighted by Gasteiger charge is -2.05. The minimum atomic E-state index is -2.87. The van der Waals surface area contributed by atoms with Crippen LogP contribution in [0.1, 0.15) is 0 Å². The lowest BCUT2D eigenvalue weighted by atomic mass is 10.3. The summed E-state index contributed by atoms with van der Waals surface area (Å²) < 4.78 is 22.4. The summed E-state index contributed by atoms with van der Waals surface area (Å²) in [6.07, 6.45) is 0. The van der Waals surface area contributed by atoms with Gasteiger partial charge in [0.25, 0.3) is 0 Å². The van der Waals surface area contributed by atoms with Crippen molar-refractivity contribution >= 4 is 26.8 Å². The Morgan fingerprint density at radius 1 is 1.57 bits per heavy atom. The van der Waals surface area contributed by atoms with Gasteiger partial charge in [0.05, 0.1) is 17.5 Å². The maximum atomic E-state index is 11.2. The Kier molecular flexibility index (Phi) is 2.69. The Morgan fingerprint density at radius 3 is 3.00 bits per heavy atom. The number of rotatable bonds is 2. The van der Waals surface area contributed by atoms with E-state index in [2.05, 4.69) is 15.8 Å². The van der Waals surface area contributed by atoms with Crippen molar-refractivity contribution in [2.75, 3.05) is 18.2 Å². The number of thioether (sulfide) groups is 1. The number of sulfone groups is 1. The smallest absolute Gasteiger partial charge is 0.171 e. The van der Waals surface area contributed by atoms with E-state index in [1.165, 1.54) is 11.8 Å². The molecule has 0 spiro atoms. The highest BCUT2D eigenvalue weighted by molar-refractivity contribution is 8.15. The fourth-order valence-electron chi connectivity index (χ4n) is 1.53. The summed E-state index contributed by atoms with van der Waals surface area (Å²) in [5, 5.41) is 9.18. The SMILES string of the molecule is O=S1(=O)CC2N=C(NNCO)SC2C1. The molecule has 0 aromatic carbocycles. The lowest BCUT2D eigenvalue weighted by Crippen LogP contribution is -2.36. The average Bonchev–Trinajstić information content (AvgIpc) is 2.53. The highest BCUT2D eigenvalue weighted by Gasteiger charge is 2.42. The monoisotopic (exact) mass is 237 g/mol. The molecule has 1 saturated heterocycles.